The Balaban J connectivity index is 1.98. The van der Waals surface area contributed by atoms with Crippen molar-refractivity contribution in [1.82, 2.24) is 4.90 Å². The van der Waals surface area contributed by atoms with E-state index in [-0.39, 0.29) is 5.75 Å². The molecule has 1 N–H and O–H groups in total. The van der Waals surface area contributed by atoms with Crippen LogP contribution >= 0.6 is 31.9 Å². The van der Waals surface area contributed by atoms with E-state index in [2.05, 4.69) is 43.7 Å². The van der Waals surface area contributed by atoms with E-state index in [4.69, 9.17) is 0 Å². The van der Waals surface area contributed by atoms with Crippen molar-refractivity contribution in [2.75, 3.05) is 13.1 Å². The van der Waals surface area contributed by atoms with Gasteiger partial charge in [0, 0.05) is 13.1 Å². The largest absolute Gasteiger partial charge is 0.506 e. The third-order valence-electron chi connectivity index (χ3n) is 3.55. The molecule has 0 bridgehead atoms. The van der Waals surface area contributed by atoms with E-state index in [1.54, 1.807) is 0 Å². The fraction of sp³-hybridized carbons (Fsp3) is 0.571. The maximum atomic E-state index is 9.70. The molecule has 0 spiro atoms. The second kappa shape index (κ2) is 6.40. The molecular weight excluding hydrogens is 358 g/mol. The van der Waals surface area contributed by atoms with Crippen molar-refractivity contribution >= 4 is 31.9 Å². The Morgan fingerprint density at radius 2 is 2.00 bits per heavy atom. The summed E-state index contributed by atoms with van der Waals surface area (Å²) in [7, 11) is 0. The summed E-state index contributed by atoms with van der Waals surface area (Å²) >= 11 is 6.77. The minimum Gasteiger partial charge on any atom is -0.506 e. The van der Waals surface area contributed by atoms with Gasteiger partial charge in [-0.2, -0.15) is 0 Å². The zero-order valence-corrected chi connectivity index (χ0v) is 13.8. The van der Waals surface area contributed by atoms with Crippen LogP contribution in [0, 0.1) is 5.92 Å². The van der Waals surface area contributed by atoms with Crippen LogP contribution in [0.15, 0.2) is 21.1 Å². The number of hydrogen-bond acceptors (Lipinski definition) is 2. The van der Waals surface area contributed by atoms with Crippen molar-refractivity contribution < 1.29 is 5.11 Å². The highest BCUT2D eigenvalue weighted by Gasteiger charge is 2.21. The first kappa shape index (κ1) is 14.4. The molecule has 2 rings (SSSR count). The first-order chi connectivity index (χ1) is 8.60. The SMILES string of the molecule is CCCC1CCN(Cc2cc(Br)c(O)c(Br)c2)C1. The number of hydrogen-bond donors (Lipinski definition) is 1. The molecule has 0 radical (unpaired) electrons. The fourth-order valence-corrected chi connectivity index (χ4v) is 3.95. The Hall–Kier alpha value is -0.0600. The van der Waals surface area contributed by atoms with Gasteiger partial charge in [0.1, 0.15) is 5.75 Å². The highest BCUT2D eigenvalue weighted by molar-refractivity contribution is 9.11. The van der Waals surface area contributed by atoms with Crippen LogP contribution in [0.4, 0.5) is 0 Å². The third kappa shape index (κ3) is 3.49. The highest BCUT2D eigenvalue weighted by atomic mass is 79.9. The Morgan fingerprint density at radius 1 is 1.33 bits per heavy atom. The first-order valence-electron chi connectivity index (χ1n) is 6.49. The lowest BCUT2D eigenvalue weighted by Gasteiger charge is -2.16. The molecule has 0 aliphatic carbocycles. The molecule has 1 aromatic rings. The molecule has 1 atom stereocenters. The lowest BCUT2D eigenvalue weighted by atomic mass is 10.0. The number of likely N-dealkylation sites (tertiary alicyclic amines) is 1. The lowest BCUT2D eigenvalue weighted by Crippen LogP contribution is -2.20. The van der Waals surface area contributed by atoms with Crippen LogP contribution in [0.3, 0.4) is 0 Å². The predicted molar refractivity (Wildman–Crippen MR) is 81.8 cm³/mol. The minimum atomic E-state index is 0.282. The molecule has 1 fully saturated rings. The molecule has 1 unspecified atom stereocenters. The van der Waals surface area contributed by atoms with Gasteiger partial charge in [0.05, 0.1) is 8.95 Å². The van der Waals surface area contributed by atoms with Crippen molar-refractivity contribution in [3.63, 3.8) is 0 Å². The number of nitrogens with zero attached hydrogens (tertiary/aromatic N) is 1. The monoisotopic (exact) mass is 375 g/mol. The van der Waals surface area contributed by atoms with Crippen molar-refractivity contribution in [2.45, 2.75) is 32.7 Å². The zero-order chi connectivity index (χ0) is 13.1. The first-order valence-corrected chi connectivity index (χ1v) is 8.08. The van der Waals surface area contributed by atoms with Crippen LogP contribution in [0.25, 0.3) is 0 Å². The van der Waals surface area contributed by atoms with E-state index < -0.39 is 0 Å². The molecule has 0 saturated carbocycles. The van der Waals surface area contributed by atoms with Crippen LogP contribution in [-0.4, -0.2) is 23.1 Å². The van der Waals surface area contributed by atoms with Crippen molar-refractivity contribution in [2.24, 2.45) is 5.92 Å². The summed E-state index contributed by atoms with van der Waals surface area (Å²) in [6.45, 7) is 5.64. The Morgan fingerprint density at radius 3 is 2.61 bits per heavy atom. The van der Waals surface area contributed by atoms with Crippen molar-refractivity contribution in [1.29, 1.82) is 0 Å². The van der Waals surface area contributed by atoms with Gasteiger partial charge in [0.25, 0.3) is 0 Å². The second-order valence-corrected chi connectivity index (χ2v) is 6.80. The van der Waals surface area contributed by atoms with Crippen LogP contribution in [0.2, 0.25) is 0 Å². The molecule has 100 valence electrons. The summed E-state index contributed by atoms with van der Waals surface area (Å²) in [6.07, 6.45) is 3.96. The molecule has 1 aliphatic rings. The Bertz CT molecular complexity index is 399. The molecule has 18 heavy (non-hydrogen) atoms. The average Bonchev–Trinajstić information content (AvgIpc) is 2.74. The fourth-order valence-electron chi connectivity index (χ4n) is 2.67. The molecule has 2 nitrogen and oxygen atoms in total. The third-order valence-corrected chi connectivity index (χ3v) is 4.76. The standard InChI is InChI=1S/C14H19Br2NO/c1-2-3-10-4-5-17(8-10)9-11-6-12(15)14(18)13(16)7-11/h6-7,10,18H,2-5,8-9H2,1H3. The van der Waals surface area contributed by atoms with E-state index in [0.29, 0.717) is 0 Å². The summed E-state index contributed by atoms with van der Waals surface area (Å²) in [5, 5.41) is 9.70. The van der Waals surface area contributed by atoms with Crippen LogP contribution in [0.5, 0.6) is 5.75 Å². The highest BCUT2D eigenvalue weighted by Crippen LogP contribution is 2.34. The van der Waals surface area contributed by atoms with Gasteiger partial charge >= 0.3 is 0 Å². The summed E-state index contributed by atoms with van der Waals surface area (Å²) in [4.78, 5) is 2.51. The van der Waals surface area contributed by atoms with E-state index in [9.17, 15) is 5.11 Å². The summed E-state index contributed by atoms with van der Waals surface area (Å²) in [5.41, 5.74) is 1.24. The molecule has 1 aliphatic heterocycles. The van der Waals surface area contributed by atoms with E-state index in [0.717, 1.165) is 21.4 Å². The number of phenols is 1. The quantitative estimate of drug-likeness (QED) is 0.833. The number of phenolic OH excluding ortho intramolecular Hbond substituents is 1. The predicted octanol–water partition coefficient (Wildman–Crippen LogP) is 4.54. The van der Waals surface area contributed by atoms with Gasteiger partial charge in [0.2, 0.25) is 0 Å². The number of benzene rings is 1. The van der Waals surface area contributed by atoms with Gasteiger partial charge < -0.3 is 5.11 Å². The van der Waals surface area contributed by atoms with Gasteiger partial charge in [-0.1, -0.05) is 13.3 Å². The van der Waals surface area contributed by atoms with Crippen molar-refractivity contribution in [3.8, 4) is 5.75 Å². The van der Waals surface area contributed by atoms with E-state index in [1.807, 2.05) is 12.1 Å². The van der Waals surface area contributed by atoms with E-state index >= 15 is 0 Å². The Kier molecular flexibility index (Phi) is 5.10. The van der Waals surface area contributed by atoms with Crippen LogP contribution in [-0.2, 0) is 6.54 Å². The molecule has 4 heteroatoms. The number of halogens is 2. The molecule has 1 aromatic carbocycles. The summed E-state index contributed by atoms with van der Waals surface area (Å²) in [5.74, 6) is 1.16. The topological polar surface area (TPSA) is 23.5 Å². The zero-order valence-electron chi connectivity index (χ0n) is 10.6. The smallest absolute Gasteiger partial charge is 0.143 e. The normalized spacial score (nSPS) is 20.5. The Labute approximate surface area is 126 Å². The van der Waals surface area contributed by atoms with Gasteiger partial charge in [-0.25, -0.2) is 0 Å². The lowest BCUT2D eigenvalue weighted by molar-refractivity contribution is 0.312. The molecule has 1 heterocycles. The van der Waals surface area contributed by atoms with Crippen molar-refractivity contribution in [3.05, 3.63) is 26.6 Å². The van der Waals surface area contributed by atoms with Gasteiger partial charge in [0.15, 0.2) is 0 Å². The molecule has 0 amide bonds. The maximum Gasteiger partial charge on any atom is 0.143 e. The number of aromatic hydroxyl groups is 1. The summed E-state index contributed by atoms with van der Waals surface area (Å²) in [6, 6.07) is 4.01. The van der Waals surface area contributed by atoms with Crippen LogP contribution in [0.1, 0.15) is 31.7 Å². The number of rotatable bonds is 4. The average molecular weight is 377 g/mol. The molecule has 0 aromatic heterocycles. The molecular formula is C14H19Br2NO. The summed E-state index contributed by atoms with van der Waals surface area (Å²) < 4.78 is 1.52. The molecule has 1 saturated heterocycles. The maximum absolute atomic E-state index is 9.70. The minimum absolute atomic E-state index is 0.282. The second-order valence-electron chi connectivity index (χ2n) is 5.09. The van der Waals surface area contributed by atoms with E-state index in [1.165, 1.54) is 37.9 Å². The van der Waals surface area contributed by atoms with Gasteiger partial charge in [-0.3, -0.25) is 4.90 Å². The van der Waals surface area contributed by atoms with Gasteiger partial charge in [-0.05, 0) is 74.9 Å². The van der Waals surface area contributed by atoms with Crippen LogP contribution < -0.4 is 0 Å². The van der Waals surface area contributed by atoms with Gasteiger partial charge in [-0.15, -0.1) is 0 Å².